The summed E-state index contributed by atoms with van der Waals surface area (Å²) < 4.78 is 53.7. The van der Waals surface area contributed by atoms with Crippen LogP contribution in [0.1, 0.15) is 20.7 Å². The summed E-state index contributed by atoms with van der Waals surface area (Å²) in [6, 6.07) is 12.2. The van der Waals surface area contributed by atoms with Crippen LogP contribution in [0.4, 0.5) is 28.9 Å². The van der Waals surface area contributed by atoms with Gasteiger partial charge in [-0.05, 0) is 42.5 Å². The molecular formula is C20H11ClF4N2O2. The molecule has 0 spiro atoms. The van der Waals surface area contributed by atoms with Gasteiger partial charge in [-0.1, -0.05) is 23.7 Å². The van der Waals surface area contributed by atoms with Crippen LogP contribution in [0.25, 0.3) is 0 Å². The first-order valence-electron chi connectivity index (χ1n) is 8.08. The molecule has 0 aliphatic rings. The number of halogens is 5. The van der Waals surface area contributed by atoms with Gasteiger partial charge < -0.3 is 10.6 Å². The number of hydrogen-bond acceptors (Lipinski definition) is 2. The van der Waals surface area contributed by atoms with E-state index in [1.165, 1.54) is 24.3 Å². The maximum atomic E-state index is 13.8. The normalized spacial score (nSPS) is 10.5. The zero-order chi connectivity index (χ0) is 21.1. The van der Waals surface area contributed by atoms with E-state index in [1.807, 2.05) is 0 Å². The smallest absolute Gasteiger partial charge is 0.258 e. The number of rotatable bonds is 4. The molecule has 0 heterocycles. The van der Waals surface area contributed by atoms with E-state index in [0.717, 1.165) is 0 Å². The lowest BCUT2D eigenvalue weighted by Crippen LogP contribution is -2.20. The van der Waals surface area contributed by atoms with Gasteiger partial charge >= 0.3 is 0 Å². The van der Waals surface area contributed by atoms with Crippen molar-refractivity contribution in [3.63, 3.8) is 0 Å². The number of nitrogens with one attached hydrogen (secondary N) is 2. The number of anilines is 2. The summed E-state index contributed by atoms with van der Waals surface area (Å²) in [7, 11) is 0. The Morgan fingerprint density at radius 3 is 2.03 bits per heavy atom. The van der Waals surface area contributed by atoms with E-state index in [0.29, 0.717) is 10.7 Å². The Bertz CT molecular complexity index is 1100. The van der Waals surface area contributed by atoms with Crippen molar-refractivity contribution >= 4 is 34.8 Å². The number of hydrogen-bond donors (Lipinski definition) is 2. The molecule has 0 saturated carbocycles. The first kappa shape index (κ1) is 20.3. The Morgan fingerprint density at radius 1 is 0.724 bits per heavy atom. The molecule has 0 aromatic heterocycles. The lowest BCUT2D eigenvalue weighted by molar-refractivity contribution is 0.102. The highest BCUT2D eigenvalue weighted by molar-refractivity contribution is 6.30. The molecule has 0 saturated heterocycles. The van der Waals surface area contributed by atoms with Gasteiger partial charge in [0, 0.05) is 10.7 Å². The highest BCUT2D eigenvalue weighted by Crippen LogP contribution is 2.22. The van der Waals surface area contributed by atoms with E-state index in [2.05, 4.69) is 10.6 Å². The van der Waals surface area contributed by atoms with Gasteiger partial charge in [0.05, 0.1) is 16.8 Å². The molecule has 0 atom stereocenters. The highest BCUT2D eigenvalue weighted by Gasteiger charge is 2.24. The van der Waals surface area contributed by atoms with Crippen molar-refractivity contribution in [2.24, 2.45) is 0 Å². The lowest BCUT2D eigenvalue weighted by Gasteiger charge is -2.12. The summed E-state index contributed by atoms with van der Waals surface area (Å²) in [5, 5.41) is 5.25. The van der Waals surface area contributed by atoms with Gasteiger partial charge in [-0.25, -0.2) is 17.6 Å². The van der Waals surface area contributed by atoms with Gasteiger partial charge in [0.1, 0.15) is 0 Å². The fourth-order valence-electron chi connectivity index (χ4n) is 2.45. The van der Waals surface area contributed by atoms with Crippen LogP contribution < -0.4 is 10.6 Å². The standard InChI is InChI=1S/C20H11ClF4N2O2/c21-10-5-7-11(8-6-10)26-19(28)12-3-1-2-4-15(12)27-20(29)13-9-14(22)17(24)18(25)16(13)23/h1-9H,(H,26,28)(H,27,29). The molecular weight excluding hydrogens is 412 g/mol. The fraction of sp³-hybridized carbons (Fsp3) is 0. The van der Waals surface area contributed by atoms with Crippen LogP contribution in [0, 0.1) is 23.3 Å². The number of carbonyl (C=O) groups excluding carboxylic acids is 2. The molecule has 29 heavy (non-hydrogen) atoms. The van der Waals surface area contributed by atoms with E-state index in [4.69, 9.17) is 11.6 Å². The van der Waals surface area contributed by atoms with E-state index < -0.39 is 40.6 Å². The summed E-state index contributed by atoms with van der Waals surface area (Å²) >= 11 is 5.78. The van der Waals surface area contributed by atoms with Crippen LogP contribution in [0.3, 0.4) is 0 Å². The van der Waals surface area contributed by atoms with E-state index >= 15 is 0 Å². The predicted octanol–water partition coefficient (Wildman–Crippen LogP) is 5.40. The Labute approximate surface area is 167 Å². The van der Waals surface area contributed by atoms with Crippen LogP contribution in [0.15, 0.2) is 54.6 Å². The molecule has 0 bridgehead atoms. The van der Waals surface area contributed by atoms with Crippen molar-refractivity contribution in [3.05, 3.63) is 94.0 Å². The van der Waals surface area contributed by atoms with Crippen molar-refractivity contribution in [2.75, 3.05) is 10.6 Å². The van der Waals surface area contributed by atoms with Crippen LogP contribution >= 0.6 is 11.6 Å². The third kappa shape index (κ3) is 4.38. The molecule has 4 nitrogen and oxygen atoms in total. The summed E-state index contributed by atoms with van der Waals surface area (Å²) in [6.07, 6.45) is 0. The number of para-hydroxylation sites is 1. The summed E-state index contributed by atoms with van der Waals surface area (Å²) in [5.41, 5.74) is -0.670. The first-order chi connectivity index (χ1) is 13.8. The molecule has 0 aliphatic heterocycles. The predicted molar refractivity (Wildman–Crippen MR) is 100 cm³/mol. The molecule has 2 N–H and O–H groups in total. The number of benzene rings is 3. The highest BCUT2D eigenvalue weighted by atomic mass is 35.5. The average Bonchev–Trinajstić information content (AvgIpc) is 2.71. The van der Waals surface area contributed by atoms with Crippen molar-refractivity contribution in [2.45, 2.75) is 0 Å². The van der Waals surface area contributed by atoms with Gasteiger partial charge in [-0.2, -0.15) is 0 Å². The van der Waals surface area contributed by atoms with Crippen LogP contribution in [0.5, 0.6) is 0 Å². The zero-order valence-electron chi connectivity index (χ0n) is 14.4. The van der Waals surface area contributed by atoms with Crippen molar-refractivity contribution in [1.82, 2.24) is 0 Å². The Balaban J connectivity index is 1.87. The Hall–Kier alpha value is -3.39. The van der Waals surface area contributed by atoms with Gasteiger partial charge in [-0.3, -0.25) is 9.59 Å². The van der Waals surface area contributed by atoms with Crippen LogP contribution in [-0.2, 0) is 0 Å². The monoisotopic (exact) mass is 422 g/mol. The van der Waals surface area contributed by atoms with Gasteiger partial charge in [0.25, 0.3) is 11.8 Å². The summed E-state index contributed by atoms with van der Waals surface area (Å²) in [6.45, 7) is 0. The first-order valence-corrected chi connectivity index (χ1v) is 8.46. The van der Waals surface area contributed by atoms with Crippen molar-refractivity contribution in [3.8, 4) is 0 Å². The van der Waals surface area contributed by atoms with E-state index in [9.17, 15) is 27.2 Å². The minimum Gasteiger partial charge on any atom is -0.322 e. The molecule has 0 fully saturated rings. The SMILES string of the molecule is O=C(Nc1ccc(Cl)cc1)c1ccccc1NC(=O)c1cc(F)c(F)c(F)c1F. The van der Waals surface area contributed by atoms with E-state index in [1.54, 1.807) is 24.3 Å². The Morgan fingerprint density at radius 2 is 1.34 bits per heavy atom. The second-order valence-corrected chi connectivity index (χ2v) is 6.25. The second kappa shape index (κ2) is 8.32. The molecule has 0 unspecified atom stereocenters. The van der Waals surface area contributed by atoms with Gasteiger partial charge in [0.2, 0.25) is 0 Å². The molecule has 0 radical (unpaired) electrons. The molecule has 0 aliphatic carbocycles. The molecule has 3 rings (SSSR count). The molecule has 3 aromatic rings. The largest absolute Gasteiger partial charge is 0.322 e. The van der Waals surface area contributed by atoms with Crippen LogP contribution in [0.2, 0.25) is 5.02 Å². The second-order valence-electron chi connectivity index (χ2n) is 5.81. The fourth-order valence-corrected chi connectivity index (χ4v) is 2.58. The summed E-state index contributed by atoms with van der Waals surface area (Å²) in [4.78, 5) is 24.8. The van der Waals surface area contributed by atoms with Crippen LogP contribution in [-0.4, -0.2) is 11.8 Å². The average molecular weight is 423 g/mol. The topological polar surface area (TPSA) is 58.2 Å². The quantitative estimate of drug-likeness (QED) is 0.336. The maximum Gasteiger partial charge on any atom is 0.258 e. The third-order valence-electron chi connectivity index (χ3n) is 3.87. The zero-order valence-corrected chi connectivity index (χ0v) is 15.2. The molecule has 148 valence electrons. The minimum absolute atomic E-state index is 0.000682. The van der Waals surface area contributed by atoms with Gasteiger partial charge in [-0.15, -0.1) is 0 Å². The van der Waals surface area contributed by atoms with E-state index in [-0.39, 0.29) is 17.3 Å². The van der Waals surface area contributed by atoms with Crippen molar-refractivity contribution < 1.29 is 27.2 Å². The molecule has 3 aromatic carbocycles. The maximum absolute atomic E-state index is 13.8. The molecule has 9 heteroatoms. The van der Waals surface area contributed by atoms with Gasteiger partial charge in [0.15, 0.2) is 23.3 Å². The number of amides is 2. The summed E-state index contributed by atoms with van der Waals surface area (Å²) in [5.74, 6) is -9.56. The molecule has 2 amide bonds. The Kier molecular flexibility index (Phi) is 5.84. The number of carbonyl (C=O) groups is 2. The minimum atomic E-state index is -2.11. The van der Waals surface area contributed by atoms with Crippen molar-refractivity contribution in [1.29, 1.82) is 0 Å². The third-order valence-corrected chi connectivity index (χ3v) is 4.12. The lowest BCUT2D eigenvalue weighted by atomic mass is 10.1.